The Morgan fingerprint density at radius 1 is 1.08 bits per heavy atom. The molecule has 2 aliphatic rings. The van der Waals surface area contributed by atoms with Crippen molar-refractivity contribution in [3.05, 3.63) is 20.9 Å². The molecule has 1 fully saturated rings. The molecular weight excluding hydrogens is 342 g/mol. The quantitative estimate of drug-likeness (QED) is 0.881. The summed E-state index contributed by atoms with van der Waals surface area (Å²) in [5, 5.41) is 0. The number of amides is 3. The normalized spacial score (nSPS) is 17.2. The molecule has 0 bridgehead atoms. The van der Waals surface area contributed by atoms with Gasteiger partial charge in [-0.1, -0.05) is 0 Å². The second-order valence-electron chi connectivity index (χ2n) is 6.26. The molecule has 1 aliphatic carbocycles. The van der Waals surface area contributed by atoms with E-state index in [-0.39, 0.29) is 12.0 Å². The molecule has 1 aromatic rings. The van der Waals surface area contributed by atoms with E-state index in [0.29, 0.717) is 43.2 Å². The van der Waals surface area contributed by atoms with Gasteiger partial charge in [0.1, 0.15) is 4.88 Å². The smallest absolute Gasteiger partial charge is 0.409 e. The highest BCUT2D eigenvalue weighted by molar-refractivity contribution is 7.14. The van der Waals surface area contributed by atoms with Gasteiger partial charge < -0.3 is 20.3 Å². The number of primary amides is 1. The summed E-state index contributed by atoms with van der Waals surface area (Å²) in [5.41, 5.74) is 7.02. The van der Waals surface area contributed by atoms with E-state index in [1.54, 1.807) is 16.7 Å². The summed E-state index contributed by atoms with van der Waals surface area (Å²) in [5.74, 6) is -0.676. The number of piperazine rings is 1. The molecule has 0 aromatic carbocycles. The highest BCUT2D eigenvalue weighted by atomic mass is 32.1. The van der Waals surface area contributed by atoms with Crippen LogP contribution in [0.25, 0.3) is 0 Å². The van der Waals surface area contributed by atoms with Crippen molar-refractivity contribution in [1.82, 2.24) is 9.80 Å². The molecule has 136 valence electrons. The van der Waals surface area contributed by atoms with Gasteiger partial charge in [0.05, 0.1) is 12.2 Å². The standard InChI is InChI=1S/C17H23N3O4S/c1-2-24-17(23)20-9-7-19(8-10-20)16(22)13-11-5-3-4-6-12(11)25-14(13)15(18)21/h2-10H2,1H3,(H2,18,21). The van der Waals surface area contributed by atoms with Crippen LogP contribution in [0.4, 0.5) is 4.79 Å². The minimum atomic E-state index is -0.534. The summed E-state index contributed by atoms with van der Waals surface area (Å²) in [7, 11) is 0. The Kier molecular flexibility index (Phi) is 5.27. The largest absolute Gasteiger partial charge is 0.450 e. The van der Waals surface area contributed by atoms with E-state index in [4.69, 9.17) is 10.5 Å². The van der Waals surface area contributed by atoms with Crippen molar-refractivity contribution in [1.29, 1.82) is 0 Å². The van der Waals surface area contributed by atoms with Crippen LogP contribution in [0.1, 0.15) is 50.2 Å². The van der Waals surface area contributed by atoms with E-state index >= 15 is 0 Å². The van der Waals surface area contributed by atoms with E-state index in [1.165, 1.54) is 11.3 Å². The first-order chi connectivity index (χ1) is 12.0. The molecule has 1 saturated heterocycles. The number of rotatable bonds is 3. The molecule has 8 heteroatoms. The molecule has 3 amide bonds. The maximum absolute atomic E-state index is 13.1. The fraction of sp³-hybridized carbons (Fsp3) is 0.588. The fourth-order valence-corrected chi connectivity index (χ4v) is 4.66. The predicted molar refractivity (Wildman–Crippen MR) is 94.0 cm³/mol. The maximum Gasteiger partial charge on any atom is 0.409 e. The number of nitrogens with zero attached hydrogens (tertiary/aromatic N) is 2. The van der Waals surface area contributed by atoms with Gasteiger partial charge in [0.15, 0.2) is 0 Å². The van der Waals surface area contributed by atoms with E-state index < -0.39 is 5.91 Å². The van der Waals surface area contributed by atoms with Gasteiger partial charge in [0.2, 0.25) is 0 Å². The van der Waals surface area contributed by atoms with Crippen molar-refractivity contribution in [2.24, 2.45) is 5.73 Å². The third-order valence-corrected chi connectivity index (χ3v) is 6.01. The highest BCUT2D eigenvalue weighted by Gasteiger charge is 2.32. The Morgan fingerprint density at radius 2 is 1.72 bits per heavy atom. The molecule has 1 aromatic heterocycles. The van der Waals surface area contributed by atoms with Crippen LogP contribution in [0.3, 0.4) is 0 Å². The van der Waals surface area contributed by atoms with Crippen molar-refractivity contribution >= 4 is 29.2 Å². The van der Waals surface area contributed by atoms with Crippen molar-refractivity contribution < 1.29 is 19.1 Å². The summed E-state index contributed by atoms with van der Waals surface area (Å²) >= 11 is 1.37. The molecule has 2 heterocycles. The van der Waals surface area contributed by atoms with Crippen LogP contribution in [0, 0.1) is 0 Å². The van der Waals surface area contributed by atoms with Crippen LogP contribution in [0.15, 0.2) is 0 Å². The van der Waals surface area contributed by atoms with Crippen molar-refractivity contribution in [3.8, 4) is 0 Å². The summed E-state index contributed by atoms with van der Waals surface area (Å²) < 4.78 is 5.00. The first kappa shape index (κ1) is 17.7. The Morgan fingerprint density at radius 3 is 2.36 bits per heavy atom. The highest BCUT2D eigenvalue weighted by Crippen LogP contribution is 2.35. The second-order valence-corrected chi connectivity index (χ2v) is 7.36. The second kappa shape index (κ2) is 7.43. The average Bonchev–Trinajstić information content (AvgIpc) is 3.01. The number of fused-ring (bicyclic) bond motifs is 1. The SMILES string of the molecule is CCOC(=O)N1CCN(C(=O)c2c(C(N)=O)sc3c2CCCC3)CC1. The van der Waals surface area contributed by atoms with E-state index in [9.17, 15) is 14.4 Å². The number of carbonyl (C=O) groups is 3. The lowest BCUT2D eigenvalue weighted by Crippen LogP contribution is -2.51. The van der Waals surface area contributed by atoms with Crippen molar-refractivity contribution in [3.63, 3.8) is 0 Å². The molecule has 0 spiro atoms. The fourth-order valence-electron chi connectivity index (χ4n) is 3.43. The number of hydrogen-bond donors (Lipinski definition) is 1. The van der Waals surface area contributed by atoms with Gasteiger partial charge in [-0.3, -0.25) is 9.59 Å². The van der Waals surface area contributed by atoms with Crippen molar-refractivity contribution in [2.75, 3.05) is 32.8 Å². The molecule has 3 rings (SSSR count). The zero-order valence-electron chi connectivity index (χ0n) is 14.4. The minimum absolute atomic E-state index is 0.142. The van der Waals surface area contributed by atoms with Crippen LogP contribution >= 0.6 is 11.3 Å². The molecule has 25 heavy (non-hydrogen) atoms. The molecular formula is C17H23N3O4S. The molecule has 0 radical (unpaired) electrons. The Labute approximate surface area is 150 Å². The van der Waals surface area contributed by atoms with Gasteiger partial charge in [0, 0.05) is 31.1 Å². The molecule has 0 atom stereocenters. The van der Waals surface area contributed by atoms with Crippen LogP contribution in [0.5, 0.6) is 0 Å². The third-order valence-electron chi connectivity index (χ3n) is 4.70. The number of nitrogens with two attached hydrogens (primary N) is 1. The Hall–Kier alpha value is -2.09. The third kappa shape index (κ3) is 3.49. The molecule has 7 nitrogen and oxygen atoms in total. The molecule has 0 unspecified atom stereocenters. The van der Waals surface area contributed by atoms with Crippen LogP contribution in [0.2, 0.25) is 0 Å². The first-order valence-corrected chi connectivity index (χ1v) is 9.49. The monoisotopic (exact) mass is 365 g/mol. The first-order valence-electron chi connectivity index (χ1n) is 8.68. The summed E-state index contributed by atoms with van der Waals surface area (Å²) in [6.07, 6.45) is 3.49. The predicted octanol–water partition coefficient (Wildman–Crippen LogP) is 1.64. The van der Waals surface area contributed by atoms with Gasteiger partial charge in [-0.15, -0.1) is 11.3 Å². The zero-order valence-corrected chi connectivity index (χ0v) is 15.2. The van der Waals surface area contributed by atoms with Gasteiger partial charge in [-0.2, -0.15) is 0 Å². The van der Waals surface area contributed by atoms with Gasteiger partial charge >= 0.3 is 6.09 Å². The summed E-state index contributed by atoms with van der Waals surface area (Å²) in [4.78, 5) is 41.5. The van der Waals surface area contributed by atoms with Gasteiger partial charge in [-0.25, -0.2) is 4.79 Å². The van der Waals surface area contributed by atoms with Crippen LogP contribution in [-0.4, -0.2) is 60.5 Å². The Bertz CT molecular complexity index is 692. The number of thiophene rings is 1. The molecule has 0 saturated carbocycles. The number of ether oxygens (including phenoxy) is 1. The van der Waals surface area contributed by atoms with Crippen molar-refractivity contribution in [2.45, 2.75) is 32.6 Å². The summed E-state index contributed by atoms with van der Waals surface area (Å²) in [6.45, 7) is 3.83. The average molecular weight is 365 g/mol. The number of carbonyl (C=O) groups excluding carboxylic acids is 3. The lowest BCUT2D eigenvalue weighted by Gasteiger charge is -2.34. The van der Waals surface area contributed by atoms with Crippen LogP contribution in [-0.2, 0) is 17.6 Å². The summed E-state index contributed by atoms with van der Waals surface area (Å²) in [6, 6.07) is 0. The lowest BCUT2D eigenvalue weighted by molar-refractivity contribution is 0.0568. The Balaban J connectivity index is 1.77. The van der Waals surface area contributed by atoms with Gasteiger partial charge in [-0.05, 0) is 38.2 Å². The van der Waals surface area contributed by atoms with Crippen LogP contribution < -0.4 is 5.73 Å². The van der Waals surface area contributed by atoms with E-state index in [0.717, 1.165) is 36.1 Å². The topological polar surface area (TPSA) is 92.9 Å². The molecule has 1 aliphatic heterocycles. The van der Waals surface area contributed by atoms with E-state index in [2.05, 4.69) is 0 Å². The number of hydrogen-bond acceptors (Lipinski definition) is 5. The van der Waals surface area contributed by atoms with Gasteiger partial charge in [0.25, 0.3) is 11.8 Å². The zero-order chi connectivity index (χ0) is 18.0. The lowest BCUT2D eigenvalue weighted by atomic mass is 9.94. The maximum atomic E-state index is 13.1. The minimum Gasteiger partial charge on any atom is -0.450 e. The molecule has 2 N–H and O–H groups in total. The van der Waals surface area contributed by atoms with E-state index in [1.807, 2.05) is 0 Å². The number of aryl methyl sites for hydroxylation is 1.